The molecule has 0 spiro atoms. The Hall–Kier alpha value is -4.12. The van der Waals surface area contributed by atoms with Gasteiger partial charge in [0.1, 0.15) is 23.0 Å². The summed E-state index contributed by atoms with van der Waals surface area (Å²) < 4.78 is 56.0. The van der Waals surface area contributed by atoms with Crippen LogP contribution < -0.4 is 9.64 Å². The number of piperidine rings is 1. The first-order valence-electron chi connectivity index (χ1n) is 14.6. The summed E-state index contributed by atoms with van der Waals surface area (Å²) in [5, 5.41) is 14.3. The lowest BCUT2D eigenvalue weighted by Crippen LogP contribution is -2.42. The number of aromatic nitrogens is 2. The highest BCUT2D eigenvalue weighted by molar-refractivity contribution is 5.93. The van der Waals surface area contributed by atoms with Gasteiger partial charge in [-0.25, -0.2) is 9.78 Å². The number of fused-ring (bicyclic) bond motifs is 5. The van der Waals surface area contributed by atoms with Crippen LogP contribution in [0.25, 0.3) is 22.2 Å². The van der Waals surface area contributed by atoms with Crippen LogP contribution in [0.15, 0.2) is 59.1 Å². The summed E-state index contributed by atoms with van der Waals surface area (Å²) in [7, 11) is 0. The zero-order valence-electron chi connectivity index (χ0n) is 23.0. The number of pyridine rings is 1. The average Bonchev–Trinajstić information content (AvgIpc) is 3.87. The molecule has 1 N–H and O–H groups in total. The van der Waals surface area contributed by atoms with Gasteiger partial charge in [-0.1, -0.05) is 17.3 Å². The number of carboxylic acids is 1. The van der Waals surface area contributed by atoms with Crippen molar-refractivity contribution in [2.24, 2.45) is 11.8 Å². The van der Waals surface area contributed by atoms with Crippen molar-refractivity contribution in [3.63, 3.8) is 0 Å². The van der Waals surface area contributed by atoms with Gasteiger partial charge in [-0.15, -0.1) is 13.2 Å². The monoisotopic (exact) mass is 591 g/mol. The number of aromatic carboxylic acids is 1. The van der Waals surface area contributed by atoms with Crippen molar-refractivity contribution in [1.82, 2.24) is 10.1 Å². The Morgan fingerprint density at radius 2 is 1.91 bits per heavy atom. The smallest absolute Gasteiger partial charge is 0.478 e. The lowest BCUT2D eigenvalue weighted by atomic mass is 10.0. The van der Waals surface area contributed by atoms with E-state index in [1.807, 2.05) is 12.1 Å². The zero-order valence-corrected chi connectivity index (χ0v) is 23.0. The Bertz CT molecular complexity index is 1730. The summed E-state index contributed by atoms with van der Waals surface area (Å²) in [6.45, 7) is 0.209. The molecule has 2 aliphatic carbocycles. The minimum absolute atomic E-state index is 0.0350. The zero-order chi connectivity index (χ0) is 29.5. The van der Waals surface area contributed by atoms with Crippen LogP contribution in [-0.4, -0.2) is 45.8 Å². The van der Waals surface area contributed by atoms with Gasteiger partial charge in [-0.3, -0.25) is 0 Å². The summed E-state index contributed by atoms with van der Waals surface area (Å²) in [4.78, 5) is 18.7. The molecular formula is C32H28F3N3O5. The summed E-state index contributed by atoms with van der Waals surface area (Å²) in [5.41, 5.74) is 2.25. The number of benzene rings is 2. The van der Waals surface area contributed by atoms with E-state index in [1.54, 1.807) is 30.3 Å². The molecule has 4 fully saturated rings. The molecule has 222 valence electrons. The molecule has 4 aromatic rings. The Kier molecular flexibility index (Phi) is 5.98. The first-order chi connectivity index (χ1) is 20.7. The predicted molar refractivity (Wildman–Crippen MR) is 149 cm³/mol. The van der Waals surface area contributed by atoms with Crippen LogP contribution in [0.5, 0.6) is 5.75 Å². The topological polar surface area (TPSA) is 97.9 Å². The SMILES string of the molecule is O=C(O)c1ccc2nc(N3C4CCC3C3C(C4)[C@@H]3OCc3c(-c4ccccc4OC(F)(F)F)noc3C3CC3)ccc2c1. The molecular weight excluding hydrogens is 563 g/mol. The molecule has 43 heavy (non-hydrogen) atoms. The molecule has 0 amide bonds. The van der Waals surface area contributed by atoms with Crippen LogP contribution in [-0.2, 0) is 11.3 Å². The molecule has 2 aromatic carbocycles. The van der Waals surface area contributed by atoms with Crippen molar-refractivity contribution in [2.45, 2.75) is 69.2 Å². The number of nitrogens with zero attached hydrogens (tertiary/aromatic N) is 3. The highest BCUT2D eigenvalue weighted by atomic mass is 19.4. The van der Waals surface area contributed by atoms with Gasteiger partial charge in [0.25, 0.3) is 0 Å². The van der Waals surface area contributed by atoms with Gasteiger partial charge in [0.2, 0.25) is 0 Å². The third-order valence-corrected chi connectivity index (χ3v) is 9.43. The average molecular weight is 592 g/mol. The van der Waals surface area contributed by atoms with Gasteiger partial charge in [0, 0.05) is 40.4 Å². The molecule has 8 nitrogen and oxygen atoms in total. The summed E-state index contributed by atoms with van der Waals surface area (Å²) in [6, 6.07) is 15.5. The Morgan fingerprint density at radius 3 is 2.70 bits per heavy atom. The van der Waals surface area contributed by atoms with Crippen molar-refractivity contribution < 1.29 is 37.1 Å². The quantitative estimate of drug-likeness (QED) is 0.236. The molecule has 11 heteroatoms. The second kappa shape index (κ2) is 9.70. The number of rotatable bonds is 8. The number of halogens is 3. The molecule has 2 aromatic heterocycles. The highest BCUT2D eigenvalue weighted by Gasteiger charge is 2.63. The molecule has 4 unspecified atom stereocenters. The third-order valence-electron chi connectivity index (χ3n) is 9.43. The molecule has 0 radical (unpaired) electrons. The Balaban J connectivity index is 1.03. The molecule has 4 aliphatic rings. The minimum Gasteiger partial charge on any atom is -0.478 e. The molecule has 2 aliphatic heterocycles. The van der Waals surface area contributed by atoms with Crippen LogP contribution >= 0.6 is 0 Å². The van der Waals surface area contributed by atoms with Crippen LogP contribution in [0.4, 0.5) is 19.0 Å². The number of ether oxygens (including phenoxy) is 2. The van der Waals surface area contributed by atoms with Crippen molar-refractivity contribution >= 4 is 22.7 Å². The fraction of sp³-hybridized carbons (Fsp3) is 0.406. The third kappa shape index (κ3) is 4.70. The predicted octanol–water partition coefficient (Wildman–Crippen LogP) is 6.94. The number of anilines is 1. The standard InChI is InChI=1S/C32H28F3N3O5/c33-32(34,35)42-25-4-2-1-3-20(25)28-22(29(43-37-28)16-5-6-16)15-41-30-21-14-19-9-11-24(27(21)30)38(19)26-12-8-17-13-18(31(39)40)7-10-23(17)36-26/h1-4,7-8,10,12-13,16,19,21,24,27,30H,5-6,9,11,14-15H2,(H,39,40)/t19?,21?,24?,27?,30-/m0/s1. The summed E-state index contributed by atoms with van der Waals surface area (Å²) >= 11 is 0. The van der Waals surface area contributed by atoms with Crippen molar-refractivity contribution in [1.29, 1.82) is 0 Å². The van der Waals surface area contributed by atoms with E-state index in [-0.39, 0.29) is 41.5 Å². The molecule has 2 saturated heterocycles. The van der Waals surface area contributed by atoms with Crippen molar-refractivity contribution in [3.8, 4) is 17.0 Å². The van der Waals surface area contributed by atoms with Crippen LogP contribution in [0.2, 0.25) is 0 Å². The maximum Gasteiger partial charge on any atom is 0.573 e. The lowest BCUT2D eigenvalue weighted by Gasteiger charge is -2.35. The van der Waals surface area contributed by atoms with E-state index in [1.165, 1.54) is 12.1 Å². The number of para-hydroxylation sites is 1. The van der Waals surface area contributed by atoms with Crippen LogP contribution in [0, 0.1) is 11.8 Å². The van der Waals surface area contributed by atoms with E-state index >= 15 is 0 Å². The first-order valence-corrected chi connectivity index (χ1v) is 14.6. The number of hydrogen-bond acceptors (Lipinski definition) is 7. The number of hydrogen-bond donors (Lipinski definition) is 1. The summed E-state index contributed by atoms with van der Waals surface area (Å²) in [5.74, 6) is 1.25. The fourth-order valence-electron chi connectivity index (χ4n) is 7.38. The normalized spacial score (nSPS) is 26.0. The lowest BCUT2D eigenvalue weighted by molar-refractivity contribution is -0.274. The Labute approximate surface area is 244 Å². The molecule has 8 rings (SSSR count). The number of carboxylic acid groups (broad SMARTS) is 1. The van der Waals surface area contributed by atoms with Gasteiger partial charge < -0.3 is 24.0 Å². The largest absolute Gasteiger partial charge is 0.573 e. The van der Waals surface area contributed by atoms with E-state index in [9.17, 15) is 23.1 Å². The van der Waals surface area contributed by atoms with E-state index < -0.39 is 12.3 Å². The maximum atomic E-state index is 13.1. The second-order valence-electron chi connectivity index (χ2n) is 12.0. The van der Waals surface area contributed by atoms with Crippen molar-refractivity contribution in [3.05, 3.63) is 71.5 Å². The van der Waals surface area contributed by atoms with E-state index in [2.05, 4.69) is 14.8 Å². The fourth-order valence-corrected chi connectivity index (χ4v) is 7.38. The van der Waals surface area contributed by atoms with Gasteiger partial charge in [-0.05, 0) is 80.5 Å². The van der Waals surface area contributed by atoms with Gasteiger partial charge >= 0.3 is 12.3 Å². The van der Waals surface area contributed by atoms with Gasteiger partial charge in [-0.2, -0.15) is 0 Å². The highest BCUT2D eigenvalue weighted by Crippen LogP contribution is 2.59. The van der Waals surface area contributed by atoms with Crippen molar-refractivity contribution in [2.75, 3.05) is 4.90 Å². The van der Waals surface area contributed by atoms with E-state index in [0.29, 0.717) is 34.9 Å². The van der Waals surface area contributed by atoms with Gasteiger partial charge in [0.05, 0.1) is 23.8 Å². The molecule has 2 saturated carbocycles. The molecule has 4 heterocycles. The molecule has 2 bridgehead atoms. The van der Waals surface area contributed by atoms with E-state index in [4.69, 9.17) is 14.2 Å². The van der Waals surface area contributed by atoms with Gasteiger partial charge in [0.15, 0.2) is 0 Å². The second-order valence-corrected chi connectivity index (χ2v) is 12.0. The van der Waals surface area contributed by atoms with E-state index in [0.717, 1.165) is 48.8 Å². The Morgan fingerprint density at radius 1 is 1.07 bits per heavy atom. The molecule has 5 atom stereocenters. The summed E-state index contributed by atoms with van der Waals surface area (Å²) in [6.07, 6.45) is 0.215. The first kappa shape index (κ1) is 26.5. The van der Waals surface area contributed by atoms with Crippen LogP contribution in [0.3, 0.4) is 0 Å². The maximum absolute atomic E-state index is 13.1. The number of alkyl halides is 3. The number of carbonyl (C=O) groups is 1. The minimum atomic E-state index is -4.83. The van der Waals surface area contributed by atoms with Crippen LogP contribution in [0.1, 0.15) is 59.7 Å².